The molecular formula is C24H31ClN2O4S2. The zero-order valence-electron chi connectivity index (χ0n) is 18.8. The van der Waals surface area contributed by atoms with Crippen molar-refractivity contribution in [1.29, 1.82) is 0 Å². The van der Waals surface area contributed by atoms with Crippen LogP contribution in [0.15, 0.2) is 53.4 Å². The number of sulfonamides is 1. The van der Waals surface area contributed by atoms with Crippen LogP contribution in [0.3, 0.4) is 0 Å². The zero-order valence-corrected chi connectivity index (χ0v) is 21.2. The highest BCUT2D eigenvalue weighted by molar-refractivity contribution is 7.99. The molecule has 1 amide bonds. The first kappa shape index (κ1) is 25.7. The van der Waals surface area contributed by atoms with Crippen molar-refractivity contribution in [3.63, 3.8) is 0 Å². The smallest absolute Gasteiger partial charge is 0.264 e. The molecule has 1 fully saturated rings. The van der Waals surface area contributed by atoms with Gasteiger partial charge >= 0.3 is 0 Å². The van der Waals surface area contributed by atoms with Crippen molar-refractivity contribution < 1.29 is 17.9 Å². The quantitative estimate of drug-likeness (QED) is 0.425. The van der Waals surface area contributed by atoms with E-state index in [1.54, 1.807) is 24.3 Å². The first-order valence-electron chi connectivity index (χ1n) is 11.3. The molecule has 2 aromatic carbocycles. The number of benzene rings is 2. The van der Waals surface area contributed by atoms with Gasteiger partial charge in [0.25, 0.3) is 10.0 Å². The largest absolute Gasteiger partial charge is 0.492 e. The van der Waals surface area contributed by atoms with E-state index in [0.717, 1.165) is 10.1 Å². The number of carbonyl (C=O) groups excluding carboxylic acids is 1. The minimum atomic E-state index is -4.03. The van der Waals surface area contributed by atoms with Crippen molar-refractivity contribution in [2.75, 3.05) is 29.8 Å². The van der Waals surface area contributed by atoms with E-state index in [4.69, 9.17) is 16.3 Å². The summed E-state index contributed by atoms with van der Waals surface area (Å²) < 4.78 is 33.8. The summed E-state index contributed by atoms with van der Waals surface area (Å²) in [7, 11) is -4.03. The highest BCUT2D eigenvalue weighted by Gasteiger charge is 2.29. The number of carbonyl (C=O) groups is 1. The predicted molar refractivity (Wildman–Crippen MR) is 136 cm³/mol. The molecule has 33 heavy (non-hydrogen) atoms. The molecule has 0 saturated heterocycles. The molecule has 0 heterocycles. The minimum absolute atomic E-state index is 0.0545. The van der Waals surface area contributed by atoms with Gasteiger partial charge in [-0.1, -0.05) is 43.0 Å². The third-order valence-electron chi connectivity index (χ3n) is 5.45. The van der Waals surface area contributed by atoms with Gasteiger partial charge in [-0.05, 0) is 56.2 Å². The van der Waals surface area contributed by atoms with E-state index >= 15 is 0 Å². The standard InChI is InChI=1S/C24H31ClN2O4S2/c1-2-31-23-11-7-6-10-22(23)27(33(29,30)21-14-12-19(25)13-15-21)18-24(28)26-16-17-32-20-8-4-3-5-9-20/h6-7,10-15,20H,2-5,8-9,16-18H2,1H3,(H,26,28). The van der Waals surface area contributed by atoms with Gasteiger partial charge in [-0.3, -0.25) is 9.10 Å². The highest BCUT2D eigenvalue weighted by Crippen LogP contribution is 2.33. The number of hydrogen-bond acceptors (Lipinski definition) is 5. The summed E-state index contributed by atoms with van der Waals surface area (Å²) in [5.74, 6) is 0.858. The number of para-hydroxylation sites is 2. The lowest BCUT2D eigenvalue weighted by molar-refractivity contribution is -0.119. The molecule has 9 heteroatoms. The van der Waals surface area contributed by atoms with Crippen molar-refractivity contribution in [1.82, 2.24) is 5.32 Å². The first-order chi connectivity index (χ1) is 15.9. The number of ether oxygens (including phenoxy) is 1. The van der Waals surface area contributed by atoms with Crippen LogP contribution >= 0.6 is 23.4 Å². The van der Waals surface area contributed by atoms with Gasteiger partial charge in [0.05, 0.1) is 17.2 Å². The number of thioether (sulfide) groups is 1. The van der Waals surface area contributed by atoms with Gasteiger partial charge in [0.15, 0.2) is 0 Å². The van der Waals surface area contributed by atoms with Gasteiger partial charge in [-0.15, -0.1) is 0 Å². The third-order valence-corrected chi connectivity index (χ3v) is 8.86. The lowest BCUT2D eigenvalue weighted by Gasteiger charge is -2.26. The monoisotopic (exact) mass is 510 g/mol. The molecule has 0 atom stereocenters. The van der Waals surface area contributed by atoms with Crippen molar-refractivity contribution in [3.05, 3.63) is 53.6 Å². The Kier molecular flexibility index (Phi) is 9.77. The summed E-state index contributed by atoms with van der Waals surface area (Å²) in [6.07, 6.45) is 6.34. The van der Waals surface area contributed by atoms with E-state index < -0.39 is 10.0 Å². The highest BCUT2D eigenvalue weighted by atomic mass is 35.5. The summed E-state index contributed by atoms with van der Waals surface area (Å²) in [6.45, 7) is 2.35. The molecule has 0 aromatic heterocycles. The summed E-state index contributed by atoms with van der Waals surface area (Å²) in [5, 5.41) is 3.98. The van der Waals surface area contributed by atoms with Crippen LogP contribution in [0.4, 0.5) is 5.69 Å². The van der Waals surface area contributed by atoms with Gasteiger partial charge in [-0.25, -0.2) is 8.42 Å². The summed E-state index contributed by atoms with van der Waals surface area (Å²) >= 11 is 7.83. The fourth-order valence-corrected chi connectivity index (χ4v) is 6.59. The second-order valence-corrected chi connectivity index (χ2v) is 11.6. The number of nitrogens with zero attached hydrogens (tertiary/aromatic N) is 1. The number of halogens is 1. The van der Waals surface area contributed by atoms with Crippen molar-refractivity contribution in [2.45, 2.75) is 49.2 Å². The van der Waals surface area contributed by atoms with E-state index in [-0.39, 0.29) is 17.3 Å². The molecule has 6 nitrogen and oxygen atoms in total. The molecule has 1 saturated carbocycles. The normalized spacial score (nSPS) is 14.6. The Labute approximate surface area is 206 Å². The third kappa shape index (κ3) is 7.29. The van der Waals surface area contributed by atoms with Crippen LogP contribution in [0.2, 0.25) is 5.02 Å². The molecule has 2 aromatic rings. The molecule has 1 N–H and O–H groups in total. The average Bonchev–Trinajstić information content (AvgIpc) is 2.82. The van der Waals surface area contributed by atoms with E-state index in [2.05, 4.69) is 5.32 Å². The Balaban J connectivity index is 1.74. The molecule has 0 bridgehead atoms. The van der Waals surface area contributed by atoms with Crippen LogP contribution in [0, 0.1) is 0 Å². The van der Waals surface area contributed by atoms with Crippen molar-refractivity contribution >= 4 is 45.0 Å². The van der Waals surface area contributed by atoms with Gasteiger partial charge in [0, 0.05) is 22.6 Å². The minimum Gasteiger partial charge on any atom is -0.492 e. The number of nitrogens with one attached hydrogen (secondary N) is 1. The lowest BCUT2D eigenvalue weighted by atomic mass is 10.0. The Morgan fingerprint density at radius 3 is 2.52 bits per heavy atom. The lowest BCUT2D eigenvalue weighted by Crippen LogP contribution is -2.41. The van der Waals surface area contributed by atoms with Crippen LogP contribution in [-0.4, -0.2) is 45.0 Å². The van der Waals surface area contributed by atoms with E-state index in [1.165, 1.54) is 56.4 Å². The average molecular weight is 511 g/mol. The first-order valence-corrected chi connectivity index (χ1v) is 14.2. The van der Waals surface area contributed by atoms with Gasteiger partial charge in [0.1, 0.15) is 12.3 Å². The fourth-order valence-electron chi connectivity index (χ4n) is 3.81. The van der Waals surface area contributed by atoms with Gasteiger partial charge in [0.2, 0.25) is 5.91 Å². The Morgan fingerprint density at radius 1 is 1.12 bits per heavy atom. The second kappa shape index (κ2) is 12.5. The number of amides is 1. The summed E-state index contributed by atoms with van der Waals surface area (Å²) in [5.41, 5.74) is 0.320. The topological polar surface area (TPSA) is 75.7 Å². The molecule has 1 aliphatic rings. The molecule has 0 unspecified atom stereocenters. The van der Waals surface area contributed by atoms with E-state index in [9.17, 15) is 13.2 Å². The predicted octanol–water partition coefficient (Wildman–Crippen LogP) is 5.12. The second-order valence-electron chi connectivity index (χ2n) is 7.85. The molecule has 0 spiro atoms. The Morgan fingerprint density at radius 2 is 1.82 bits per heavy atom. The SMILES string of the molecule is CCOc1ccccc1N(CC(=O)NCCSC1CCCCC1)S(=O)(=O)c1ccc(Cl)cc1. The molecule has 180 valence electrons. The molecule has 1 aliphatic carbocycles. The summed E-state index contributed by atoms with van der Waals surface area (Å²) in [6, 6.07) is 12.7. The van der Waals surface area contributed by atoms with Crippen molar-refractivity contribution in [3.8, 4) is 5.75 Å². The molecular weight excluding hydrogens is 480 g/mol. The maximum atomic E-state index is 13.5. The van der Waals surface area contributed by atoms with E-state index in [0.29, 0.717) is 34.9 Å². The maximum absolute atomic E-state index is 13.5. The molecule has 0 aliphatic heterocycles. The van der Waals surface area contributed by atoms with Crippen molar-refractivity contribution in [2.24, 2.45) is 0 Å². The molecule has 0 radical (unpaired) electrons. The van der Waals surface area contributed by atoms with Gasteiger partial charge in [-0.2, -0.15) is 11.8 Å². The van der Waals surface area contributed by atoms with Crippen LogP contribution in [0.1, 0.15) is 39.0 Å². The fraction of sp³-hybridized carbons (Fsp3) is 0.458. The number of anilines is 1. The number of hydrogen-bond donors (Lipinski definition) is 1. The number of rotatable bonds is 11. The van der Waals surface area contributed by atoms with Crippen LogP contribution in [0.5, 0.6) is 5.75 Å². The van der Waals surface area contributed by atoms with Crippen LogP contribution in [0.25, 0.3) is 0 Å². The van der Waals surface area contributed by atoms with Crippen LogP contribution < -0.4 is 14.4 Å². The van der Waals surface area contributed by atoms with Gasteiger partial charge < -0.3 is 10.1 Å². The summed E-state index contributed by atoms with van der Waals surface area (Å²) in [4.78, 5) is 12.8. The maximum Gasteiger partial charge on any atom is 0.264 e. The Hall–Kier alpha value is -1.90. The van der Waals surface area contributed by atoms with Crippen LogP contribution in [-0.2, 0) is 14.8 Å². The molecule has 3 rings (SSSR count). The zero-order chi connectivity index (χ0) is 23.7. The Bertz CT molecular complexity index is 1010. The van der Waals surface area contributed by atoms with E-state index in [1.807, 2.05) is 18.7 Å².